The topological polar surface area (TPSA) is 92.5 Å². The number of hydrogen-bond donors (Lipinski definition) is 1. The van der Waals surface area contributed by atoms with Gasteiger partial charge in [0.25, 0.3) is 0 Å². The van der Waals surface area contributed by atoms with E-state index in [1.54, 1.807) is 11.2 Å². The van der Waals surface area contributed by atoms with Crippen molar-refractivity contribution in [2.24, 2.45) is 11.3 Å². The summed E-state index contributed by atoms with van der Waals surface area (Å²) in [6.07, 6.45) is 5.37. The third-order valence-electron chi connectivity index (χ3n) is 6.13. The van der Waals surface area contributed by atoms with Crippen LogP contribution in [0.15, 0.2) is 10.8 Å². The van der Waals surface area contributed by atoms with Gasteiger partial charge in [-0.25, -0.2) is 8.42 Å². The highest BCUT2D eigenvalue weighted by Crippen LogP contribution is 2.39. The first-order valence-corrected chi connectivity index (χ1v) is 11.6. The molecule has 1 saturated heterocycles. The second-order valence-electron chi connectivity index (χ2n) is 8.82. The summed E-state index contributed by atoms with van der Waals surface area (Å²) in [6.45, 7) is 6.89. The lowest BCUT2D eigenvalue weighted by molar-refractivity contribution is -0.136. The highest BCUT2D eigenvalue weighted by molar-refractivity contribution is 7.91. The molecule has 1 amide bonds. The minimum absolute atomic E-state index is 0.000144. The third-order valence-corrected chi connectivity index (χ3v) is 7.86. The molecule has 7 nitrogen and oxygen atoms in total. The number of aryl methyl sites for hydroxylation is 1. The Morgan fingerprint density at radius 1 is 1.41 bits per heavy atom. The summed E-state index contributed by atoms with van der Waals surface area (Å²) in [5.41, 5.74) is 2.01. The quantitative estimate of drug-likeness (QED) is 0.787. The maximum Gasteiger partial charge on any atom is 0.228 e. The van der Waals surface area contributed by atoms with E-state index in [9.17, 15) is 13.2 Å². The normalized spacial score (nSPS) is 29.1. The second-order valence-corrected chi connectivity index (χ2v) is 11.0. The number of carbonyl (C=O) groups is 1. The average molecular weight is 398 g/mol. The van der Waals surface area contributed by atoms with Gasteiger partial charge in [-0.1, -0.05) is 25.9 Å². The molecule has 1 aliphatic carbocycles. The van der Waals surface area contributed by atoms with Crippen LogP contribution < -0.4 is 5.32 Å². The van der Waals surface area contributed by atoms with Gasteiger partial charge in [-0.3, -0.25) is 4.79 Å². The van der Waals surface area contributed by atoms with E-state index in [0.717, 1.165) is 36.9 Å². The van der Waals surface area contributed by atoms with Gasteiger partial charge in [0.05, 0.1) is 23.1 Å². The Bertz CT molecular complexity index is 787. The van der Waals surface area contributed by atoms with E-state index < -0.39 is 15.8 Å². The highest BCUT2D eigenvalue weighted by atomic mass is 32.2. The summed E-state index contributed by atoms with van der Waals surface area (Å²) in [4.78, 5) is 14.9. The first-order valence-electron chi connectivity index (χ1n) is 9.74. The van der Waals surface area contributed by atoms with Crippen molar-refractivity contribution in [2.45, 2.75) is 65.1 Å². The van der Waals surface area contributed by atoms with E-state index in [4.69, 9.17) is 4.52 Å². The lowest BCUT2D eigenvalue weighted by atomic mass is 9.91. The Morgan fingerprint density at radius 3 is 2.78 bits per heavy atom. The molecule has 1 N–H and O–H groups in total. The Balaban J connectivity index is 1.69. The lowest BCUT2D eigenvalue weighted by Gasteiger charge is -2.30. The molecule has 2 fully saturated rings. The SMILES string of the molecule is CCc1nocc1CN[C@@H]1CS(=O)(=O)C[C@H]1C(=O)N(C)C1CCC(C)(C)C1. The predicted molar refractivity (Wildman–Crippen MR) is 103 cm³/mol. The summed E-state index contributed by atoms with van der Waals surface area (Å²) in [7, 11) is -1.40. The summed E-state index contributed by atoms with van der Waals surface area (Å²) >= 11 is 0. The van der Waals surface area contributed by atoms with E-state index in [1.165, 1.54) is 0 Å². The van der Waals surface area contributed by atoms with Crippen LogP contribution in [0.2, 0.25) is 0 Å². The predicted octanol–water partition coefficient (Wildman–Crippen LogP) is 1.78. The molecule has 2 aliphatic rings. The van der Waals surface area contributed by atoms with Crippen molar-refractivity contribution in [3.63, 3.8) is 0 Å². The average Bonchev–Trinajstić information content (AvgIpc) is 3.27. The first kappa shape index (κ1) is 20.3. The van der Waals surface area contributed by atoms with Crippen molar-refractivity contribution in [3.8, 4) is 0 Å². The number of nitrogens with one attached hydrogen (secondary N) is 1. The van der Waals surface area contributed by atoms with Crippen molar-refractivity contribution < 1.29 is 17.7 Å². The van der Waals surface area contributed by atoms with Gasteiger partial charge in [0.15, 0.2) is 9.84 Å². The molecule has 1 saturated carbocycles. The van der Waals surface area contributed by atoms with Gasteiger partial charge in [-0.2, -0.15) is 0 Å². The number of nitrogens with zero attached hydrogens (tertiary/aromatic N) is 2. The number of carbonyl (C=O) groups excluding carboxylic acids is 1. The van der Waals surface area contributed by atoms with Crippen LogP contribution in [0, 0.1) is 11.3 Å². The van der Waals surface area contributed by atoms with Crippen molar-refractivity contribution in [1.29, 1.82) is 0 Å². The van der Waals surface area contributed by atoms with E-state index >= 15 is 0 Å². The van der Waals surface area contributed by atoms with Gasteiger partial charge < -0.3 is 14.7 Å². The van der Waals surface area contributed by atoms with E-state index in [-0.39, 0.29) is 34.9 Å². The molecule has 0 aromatic carbocycles. The van der Waals surface area contributed by atoms with E-state index in [1.807, 2.05) is 14.0 Å². The largest absolute Gasteiger partial charge is 0.364 e. The Hall–Kier alpha value is -1.41. The maximum atomic E-state index is 13.1. The molecule has 0 bridgehead atoms. The molecule has 1 aliphatic heterocycles. The zero-order valence-electron chi connectivity index (χ0n) is 16.7. The lowest BCUT2D eigenvalue weighted by Crippen LogP contribution is -2.47. The smallest absolute Gasteiger partial charge is 0.228 e. The zero-order chi connectivity index (χ0) is 19.8. The van der Waals surface area contributed by atoms with Gasteiger partial charge >= 0.3 is 0 Å². The number of amides is 1. The van der Waals surface area contributed by atoms with Gasteiger partial charge in [0, 0.05) is 31.2 Å². The van der Waals surface area contributed by atoms with Crippen LogP contribution in [-0.4, -0.2) is 55.0 Å². The molecule has 1 aromatic heterocycles. The van der Waals surface area contributed by atoms with Gasteiger partial charge in [-0.15, -0.1) is 0 Å². The zero-order valence-corrected chi connectivity index (χ0v) is 17.5. The molecular formula is C19H31N3O4S. The minimum Gasteiger partial charge on any atom is -0.364 e. The highest BCUT2D eigenvalue weighted by Gasteiger charge is 2.45. The standard InChI is InChI=1S/C19H31N3O4S/c1-5-16-13(10-26-21-16)9-20-17-12-27(24,25)11-15(17)18(23)22(4)14-6-7-19(2,3)8-14/h10,14-15,17,20H,5-9,11-12H2,1-4H3/t14?,15-,17-/m1/s1. The molecule has 1 aromatic rings. The number of hydrogen-bond acceptors (Lipinski definition) is 6. The van der Waals surface area contributed by atoms with Crippen LogP contribution >= 0.6 is 0 Å². The molecule has 1 unspecified atom stereocenters. The molecular weight excluding hydrogens is 366 g/mol. The van der Waals surface area contributed by atoms with Crippen molar-refractivity contribution >= 4 is 15.7 Å². The molecule has 2 heterocycles. The Morgan fingerprint density at radius 2 is 2.15 bits per heavy atom. The maximum absolute atomic E-state index is 13.1. The van der Waals surface area contributed by atoms with Crippen LogP contribution in [0.4, 0.5) is 0 Å². The number of sulfone groups is 1. The van der Waals surface area contributed by atoms with Crippen LogP contribution in [-0.2, 0) is 27.6 Å². The molecule has 8 heteroatoms. The second kappa shape index (κ2) is 7.54. The molecule has 27 heavy (non-hydrogen) atoms. The first-order chi connectivity index (χ1) is 12.6. The summed E-state index contributed by atoms with van der Waals surface area (Å²) in [6, 6.07) is -0.180. The molecule has 3 atom stereocenters. The van der Waals surface area contributed by atoms with Crippen molar-refractivity contribution in [3.05, 3.63) is 17.5 Å². The van der Waals surface area contributed by atoms with Crippen molar-refractivity contribution in [1.82, 2.24) is 15.4 Å². The summed E-state index contributed by atoms with van der Waals surface area (Å²) in [5, 5.41) is 7.23. The molecule has 0 radical (unpaired) electrons. The Labute approximate surface area is 161 Å². The summed E-state index contributed by atoms with van der Waals surface area (Å²) < 4.78 is 29.5. The van der Waals surface area contributed by atoms with Crippen LogP contribution in [0.3, 0.4) is 0 Å². The van der Waals surface area contributed by atoms with Crippen LogP contribution in [0.25, 0.3) is 0 Å². The van der Waals surface area contributed by atoms with Gasteiger partial charge in [0.1, 0.15) is 6.26 Å². The van der Waals surface area contributed by atoms with E-state index in [2.05, 4.69) is 24.3 Å². The fourth-order valence-electron chi connectivity index (χ4n) is 4.42. The van der Waals surface area contributed by atoms with Gasteiger partial charge in [0.2, 0.25) is 5.91 Å². The summed E-state index contributed by atoms with van der Waals surface area (Å²) in [5.74, 6) is -0.667. The van der Waals surface area contributed by atoms with Crippen LogP contribution in [0.1, 0.15) is 51.3 Å². The fraction of sp³-hybridized carbons (Fsp3) is 0.789. The number of rotatable bonds is 6. The van der Waals surface area contributed by atoms with E-state index in [0.29, 0.717) is 6.54 Å². The minimum atomic E-state index is -3.23. The monoisotopic (exact) mass is 397 g/mol. The fourth-order valence-corrected chi connectivity index (χ4v) is 6.38. The van der Waals surface area contributed by atoms with Crippen LogP contribution in [0.5, 0.6) is 0 Å². The van der Waals surface area contributed by atoms with Gasteiger partial charge in [-0.05, 0) is 31.1 Å². The third kappa shape index (κ3) is 4.54. The number of aromatic nitrogens is 1. The van der Waals surface area contributed by atoms with Crippen molar-refractivity contribution in [2.75, 3.05) is 18.6 Å². The molecule has 152 valence electrons. The Kier molecular flexibility index (Phi) is 5.68. The molecule has 3 rings (SSSR count). The molecule has 0 spiro atoms.